The maximum absolute atomic E-state index is 13.8. The van der Waals surface area contributed by atoms with E-state index in [1.54, 1.807) is 12.3 Å². The molecule has 0 atom stereocenters. The maximum Gasteiger partial charge on any atom is 0.206 e. The molecule has 0 amide bonds. The summed E-state index contributed by atoms with van der Waals surface area (Å²) >= 11 is 0. The summed E-state index contributed by atoms with van der Waals surface area (Å²) in [5.74, 6) is -1.21. The molecule has 1 aromatic carbocycles. The Balaban J connectivity index is 2.34. The van der Waals surface area contributed by atoms with Gasteiger partial charge in [-0.25, -0.2) is 13.8 Å². The standard InChI is InChI=1S/C12H8F2N4/c13-7-1-2-10(8(14)5-7)18-11-3-4-16-6-9(11)17-12(18)15/h1-6H,(H2,15,17). The lowest BCUT2D eigenvalue weighted by atomic mass is 10.3. The molecule has 90 valence electrons. The number of aromatic nitrogens is 3. The fraction of sp³-hybridized carbons (Fsp3) is 0. The molecular weight excluding hydrogens is 238 g/mol. The molecule has 0 aliphatic carbocycles. The summed E-state index contributed by atoms with van der Waals surface area (Å²) < 4.78 is 28.1. The van der Waals surface area contributed by atoms with E-state index in [9.17, 15) is 8.78 Å². The number of benzene rings is 1. The Hall–Kier alpha value is -2.50. The van der Waals surface area contributed by atoms with E-state index >= 15 is 0 Å². The highest BCUT2D eigenvalue weighted by atomic mass is 19.1. The Kier molecular flexibility index (Phi) is 2.22. The molecule has 0 bridgehead atoms. The zero-order chi connectivity index (χ0) is 12.7. The molecule has 0 saturated heterocycles. The summed E-state index contributed by atoms with van der Waals surface area (Å²) in [7, 11) is 0. The van der Waals surface area contributed by atoms with Crippen molar-refractivity contribution in [2.24, 2.45) is 0 Å². The molecule has 0 fully saturated rings. The lowest BCUT2D eigenvalue weighted by Crippen LogP contribution is -2.03. The van der Waals surface area contributed by atoms with E-state index in [0.717, 1.165) is 6.07 Å². The third kappa shape index (κ3) is 1.50. The van der Waals surface area contributed by atoms with Crippen molar-refractivity contribution in [1.82, 2.24) is 14.5 Å². The Labute approximate surface area is 101 Å². The van der Waals surface area contributed by atoms with Crippen molar-refractivity contribution in [2.75, 3.05) is 5.73 Å². The van der Waals surface area contributed by atoms with Gasteiger partial charge in [-0.15, -0.1) is 0 Å². The van der Waals surface area contributed by atoms with Crippen LogP contribution in [0.5, 0.6) is 0 Å². The first-order valence-corrected chi connectivity index (χ1v) is 5.20. The number of nitrogen functional groups attached to an aromatic ring is 1. The zero-order valence-corrected chi connectivity index (χ0v) is 9.14. The Morgan fingerprint density at radius 3 is 2.78 bits per heavy atom. The van der Waals surface area contributed by atoms with Crippen LogP contribution in [0.4, 0.5) is 14.7 Å². The number of fused-ring (bicyclic) bond motifs is 1. The number of hydrogen-bond acceptors (Lipinski definition) is 3. The average Bonchev–Trinajstić information content (AvgIpc) is 2.66. The van der Waals surface area contributed by atoms with E-state index in [2.05, 4.69) is 9.97 Å². The van der Waals surface area contributed by atoms with Gasteiger partial charge in [0.2, 0.25) is 5.95 Å². The smallest absolute Gasteiger partial charge is 0.206 e. The van der Waals surface area contributed by atoms with Gasteiger partial charge in [-0.3, -0.25) is 9.55 Å². The van der Waals surface area contributed by atoms with E-state index in [4.69, 9.17) is 5.73 Å². The SMILES string of the molecule is Nc1nc2cnccc2n1-c1ccc(F)cc1F. The number of rotatable bonds is 1. The highest BCUT2D eigenvalue weighted by Gasteiger charge is 2.13. The Morgan fingerprint density at radius 2 is 2.00 bits per heavy atom. The van der Waals surface area contributed by atoms with Crippen molar-refractivity contribution >= 4 is 17.0 Å². The van der Waals surface area contributed by atoms with Crippen LogP contribution < -0.4 is 5.73 Å². The first-order valence-electron chi connectivity index (χ1n) is 5.20. The van der Waals surface area contributed by atoms with E-state index < -0.39 is 11.6 Å². The van der Waals surface area contributed by atoms with Crippen molar-refractivity contribution in [2.45, 2.75) is 0 Å². The van der Waals surface area contributed by atoms with Gasteiger partial charge in [0.15, 0.2) is 0 Å². The van der Waals surface area contributed by atoms with Crippen molar-refractivity contribution in [1.29, 1.82) is 0 Å². The predicted octanol–water partition coefficient (Wildman–Crippen LogP) is 2.28. The molecule has 3 rings (SSSR count). The molecule has 2 N–H and O–H groups in total. The molecular formula is C12H8F2N4. The predicted molar refractivity (Wildman–Crippen MR) is 63.2 cm³/mol. The Morgan fingerprint density at radius 1 is 1.17 bits per heavy atom. The summed E-state index contributed by atoms with van der Waals surface area (Å²) in [5, 5.41) is 0. The maximum atomic E-state index is 13.8. The van der Waals surface area contributed by atoms with E-state index in [1.807, 2.05) is 0 Å². The van der Waals surface area contributed by atoms with Gasteiger partial charge in [0.25, 0.3) is 0 Å². The minimum Gasteiger partial charge on any atom is -0.369 e. The second kappa shape index (κ2) is 3.76. The molecule has 0 saturated carbocycles. The highest BCUT2D eigenvalue weighted by Crippen LogP contribution is 2.24. The van der Waals surface area contributed by atoms with Gasteiger partial charge in [0, 0.05) is 12.3 Å². The minimum atomic E-state index is -0.696. The fourth-order valence-corrected chi connectivity index (χ4v) is 1.87. The van der Waals surface area contributed by atoms with Crippen LogP contribution in [-0.4, -0.2) is 14.5 Å². The minimum absolute atomic E-state index is 0.128. The Bertz CT molecular complexity index is 736. The topological polar surface area (TPSA) is 56.7 Å². The van der Waals surface area contributed by atoms with Crippen LogP contribution in [-0.2, 0) is 0 Å². The number of hydrogen-bond donors (Lipinski definition) is 1. The lowest BCUT2D eigenvalue weighted by Gasteiger charge is -2.07. The summed E-state index contributed by atoms with van der Waals surface area (Å²) in [6, 6.07) is 4.97. The largest absolute Gasteiger partial charge is 0.369 e. The molecule has 3 aromatic rings. The van der Waals surface area contributed by atoms with Gasteiger partial charge >= 0.3 is 0 Å². The van der Waals surface area contributed by atoms with Crippen molar-refractivity contribution in [3.05, 3.63) is 48.3 Å². The van der Waals surface area contributed by atoms with Crippen molar-refractivity contribution < 1.29 is 8.78 Å². The van der Waals surface area contributed by atoms with Crippen LogP contribution in [0, 0.1) is 11.6 Å². The van der Waals surface area contributed by atoms with Gasteiger partial charge < -0.3 is 5.73 Å². The van der Waals surface area contributed by atoms with E-state index in [1.165, 1.54) is 22.9 Å². The summed E-state index contributed by atoms with van der Waals surface area (Å²) in [5.41, 5.74) is 7.08. The zero-order valence-electron chi connectivity index (χ0n) is 9.14. The molecule has 18 heavy (non-hydrogen) atoms. The number of halogens is 2. The number of pyridine rings is 1. The second-order valence-corrected chi connectivity index (χ2v) is 3.77. The first kappa shape index (κ1) is 10.6. The van der Waals surface area contributed by atoms with Crippen molar-refractivity contribution in [3.8, 4) is 5.69 Å². The van der Waals surface area contributed by atoms with E-state index in [0.29, 0.717) is 11.0 Å². The summed E-state index contributed by atoms with van der Waals surface area (Å²) in [4.78, 5) is 7.98. The number of nitrogens with two attached hydrogens (primary N) is 1. The third-order valence-corrected chi connectivity index (χ3v) is 2.63. The van der Waals surface area contributed by atoms with Gasteiger partial charge in [0.05, 0.1) is 17.4 Å². The first-order chi connectivity index (χ1) is 8.66. The van der Waals surface area contributed by atoms with Crippen LogP contribution in [0.15, 0.2) is 36.7 Å². The molecule has 0 radical (unpaired) electrons. The molecule has 0 aliphatic rings. The number of imidazole rings is 1. The van der Waals surface area contributed by atoms with Gasteiger partial charge in [-0.1, -0.05) is 0 Å². The highest BCUT2D eigenvalue weighted by molar-refractivity contribution is 5.79. The average molecular weight is 246 g/mol. The molecule has 2 heterocycles. The second-order valence-electron chi connectivity index (χ2n) is 3.77. The molecule has 0 aliphatic heterocycles. The van der Waals surface area contributed by atoms with Crippen LogP contribution in [0.2, 0.25) is 0 Å². The quantitative estimate of drug-likeness (QED) is 0.716. The molecule has 6 heteroatoms. The molecule has 2 aromatic heterocycles. The number of nitrogens with zero attached hydrogens (tertiary/aromatic N) is 3. The van der Waals surface area contributed by atoms with Gasteiger partial charge in [0.1, 0.15) is 17.2 Å². The van der Waals surface area contributed by atoms with Gasteiger partial charge in [-0.05, 0) is 18.2 Å². The summed E-state index contributed by atoms with van der Waals surface area (Å²) in [6.07, 6.45) is 3.09. The number of anilines is 1. The van der Waals surface area contributed by atoms with Crippen LogP contribution in [0.25, 0.3) is 16.7 Å². The summed E-state index contributed by atoms with van der Waals surface area (Å²) in [6.45, 7) is 0. The van der Waals surface area contributed by atoms with Gasteiger partial charge in [-0.2, -0.15) is 0 Å². The van der Waals surface area contributed by atoms with Crippen LogP contribution >= 0.6 is 0 Å². The van der Waals surface area contributed by atoms with E-state index in [-0.39, 0.29) is 11.6 Å². The lowest BCUT2D eigenvalue weighted by molar-refractivity contribution is 0.579. The molecule has 4 nitrogen and oxygen atoms in total. The fourth-order valence-electron chi connectivity index (χ4n) is 1.87. The third-order valence-electron chi connectivity index (χ3n) is 2.63. The normalized spacial score (nSPS) is 11.0. The van der Waals surface area contributed by atoms with Crippen LogP contribution in [0.3, 0.4) is 0 Å². The van der Waals surface area contributed by atoms with Crippen molar-refractivity contribution in [3.63, 3.8) is 0 Å². The monoisotopic (exact) mass is 246 g/mol. The molecule has 0 spiro atoms. The van der Waals surface area contributed by atoms with Crippen LogP contribution in [0.1, 0.15) is 0 Å². The molecule has 0 unspecified atom stereocenters.